The highest BCUT2D eigenvalue weighted by atomic mass is 14.6. The van der Waals surface area contributed by atoms with Crippen LogP contribution in [-0.4, -0.2) is 13.1 Å². The minimum absolute atomic E-state index is 0.321. The van der Waals surface area contributed by atoms with Crippen LogP contribution in [0.3, 0.4) is 0 Å². The fraction of sp³-hybridized carbons (Fsp3) is 1.00. The number of rotatable bonds is 2. The average Bonchev–Trinajstić information content (AvgIpc) is 2.13. The molecule has 78 valence electrons. The second kappa shape index (κ2) is 3.97. The lowest BCUT2D eigenvalue weighted by atomic mass is 9.60. The Hall–Kier alpha value is -0.0800. The van der Waals surface area contributed by atoms with Gasteiger partial charge in [0.1, 0.15) is 0 Å². The monoisotopic (exact) mass is 184 g/mol. The quantitative estimate of drug-likeness (QED) is 0.685. The number of hydrogen-bond donors (Lipinski definition) is 2. The van der Waals surface area contributed by atoms with Crippen molar-refractivity contribution in [3.05, 3.63) is 0 Å². The third kappa shape index (κ3) is 2.05. The van der Waals surface area contributed by atoms with Crippen molar-refractivity contribution in [3.63, 3.8) is 0 Å². The maximum Gasteiger partial charge on any atom is -0.00204 e. The van der Waals surface area contributed by atoms with Crippen LogP contribution >= 0.6 is 0 Å². The molecule has 4 N–H and O–H groups in total. The van der Waals surface area contributed by atoms with Crippen LogP contribution in [0.15, 0.2) is 0 Å². The van der Waals surface area contributed by atoms with Gasteiger partial charge < -0.3 is 11.5 Å². The Bertz CT molecular complexity index is 169. The van der Waals surface area contributed by atoms with E-state index >= 15 is 0 Å². The van der Waals surface area contributed by atoms with Crippen LogP contribution in [0.1, 0.15) is 33.6 Å². The summed E-state index contributed by atoms with van der Waals surface area (Å²) in [6.07, 6.45) is 2.50. The van der Waals surface area contributed by atoms with Crippen molar-refractivity contribution in [1.29, 1.82) is 0 Å². The molecule has 0 bridgehead atoms. The summed E-state index contributed by atoms with van der Waals surface area (Å²) in [6, 6.07) is 0. The standard InChI is InChI=1S/C11H24N2/c1-8-4-10(6-12)5-11(3,7-13)9(8)2/h8-10H,4-7,12-13H2,1-3H3. The minimum atomic E-state index is 0.321. The smallest absolute Gasteiger partial charge is 0.00204 e. The van der Waals surface area contributed by atoms with Gasteiger partial charge in [0.25, 0.3) is 0 Å². The van der Waals surface area contributed by atoms with E-state index in [0.717, 1.165) is 24.9 Å². The van der Waals surface area contributed by atoms with Crippen molar-refractivity contribution >= 4 is 0 Å². The largest absolute Gasteiger partial charge is 0.330 e. The molecular weight excluding hydrogens is 160 g/mol. The number of nitrogens with two attached hydrogens (primary N) is 2. The van der Waals surface area contributed by atoms with Crippen molar-refractivity contribution in [2.75, 3.05) is 13.1 Å². The fourth-order valence-electron chi connectivity index (χ4n) is 2.79. The van der Waals surface area contributed by atoms with E-state index in [1.807, 2.05) is 0 Å². The summed E-state index contributed by atoms with van der Waals surface area (Å²) in [5.74, 6) is 2.20. The second-order valence-corrected chi connectivity index (χ2v) is 5.17. The van der Waals surface area contributed by atoms with Crippen molar-refractivity contribution < 1.29 is 0 Å². The maximum absolute atomic E-state index is 5.87. The van der Waals surface area contributed by atoms with E-state index in [1.165, 1.54) is 12.8 Å². The predicted molar refractivity (Wildman–Crippen MR) is 57.3 cm³/mol. The zero-order valence-corrected chi connectivity index (χ0v) is 9.22. The Labute approximate surface area is 82.1 Å². The number of hydrogen-bond acceptors (Lipinski definition) is 2. The van der Waals surface area contributed by atoms with Crippen LogP contribution < -0.4 is 11.5 Å². The van der Waals surface area contributed by atoms with Gasteiger partial charge in [-0.25, -0.2) is 0 Å². The van der Waals surface area contributed by atoms with E-state index in [9.17, 15) is 0 Å². The second-order valence-electron chi connectivity index (χ2n) is 5.17. The zero-order chi connectivity index (χ0) is 10.1. The third-order valence-electron chi connectivity index (χ3n) is 4.21. The van der Waals surface area contributed by atoms with Gasteiger partial charge in [-0.2, -0.15) is 0 Å². The SMILES string of the molecule is CC1CC(CN)CC(C)(CN)C1C. The molecule has 13 heavy (non-hydrogen) atoms. The van der Waals surface area contributed by atoms with Gasteiger partial charge in [-0.15, -0.1) is 0 Å². The third-order valence-corrected chi connectivity index (χ3v) is 4.21. The van der Waals surface area contributed by atoms with Crippen LogP contribution in [0.5, 0.6) is 0 Å². The van der Waals surface area contributed by atoms with E-state index in [0.29, 0.717) is 11.3 Å². The lowest BCUT2D eigenvalue weighted by molar-refractivity contribution is 0.0517. The molecule has 0 spiro atoms. The molecular formula is C11H24N2. The molecule has 0 aliphatic heterocycles. The molecule has 4 atom stereocenters. The van der Waals surface area contributed by atoms with Crippen LogP contribution in [0, 0.1) is 23.2 Å². The van der Waals surface area contributed by atoms with E-state index in [-0.39, 0.29) is 0 Å². The summed E-state index contributed by atoms with van der Waals surface area (Å²) in [5, 5.41) is 0. The first-order valence-corrected chi connectivity index (χ1v) is 5.43. The first-order valence-electron chi connectivity index (χ1n) is 5.43. The Morgan fingerprint density at radius 2 is 1.92 bits per heavy atom. The molecule has 0 heterocycles. The average molecular weight is 184 g/mol. The summed E-state index contributed by atoms with van der Waals surface area (Å²) in [7, 11) is 0. The Morgan fingerprint density at radius 3 is 2.38 bits per heavy atom. The molecule has 2 heteroatoms. The van der Waals surface area contributed by atoms with Gasteiger partial charge in [0.2, 0.25) is 0 Å². The van der Waals surface area contributed by atoms with E-state index < -0.39 is 0 Å². The van der Waals surface area contributed by atoms with Gasteiger partial charge in [0.05, 0.1) is 0 Å². The lowest BCUT2D eigenvalue weighted by Crippen LogP contribution is -2.44. The molecule has 1 saturated carbocycles. The molecule has 1 fully saturated rings. The summed E-state index contributed by atoms with van der Waals surface area (Å²) >= 11 is 0. The summed E-state index contributed by atoms with van der Waals surface area (Å²) in [4.78, 5) is 0. The summed E-state index contributed by atoms with van der Waals surface area (Å²) in [5.41, 5.74) is 11.9. The molecule has 2 nitrogen and oxygen atoms in total. The van der Waals surface area contributed by atoms with Crippen molar-refractivity contribution in [2.24, 2.45) is 34.6 Å². The minimum Gasteiger partial charge on any atom is -0.330 e. The Balaban J connectivity index is 2.71. The van der Waals surface area contributed by atoms with E-state index in [4.69, 9.17) is 11.5 Å². The summed E-state index contributed by atoms with van der Waals surface area (Å²) < 4.78 is 0. The van der Waals surface area contributed by atoms with Crippen molar-refractivity contribution in [2.45, 2.75) is 33.6 Å². The lowest BCUT2D eigenvalue weighted by Gasteiger charge is -2.46. The van der Waals surface area contributed by atoms with Crippen molar-refractivity contribution in [1.82, 2.24) is 0 Å². The summed E-state index contributed by atoms with van der Waals surface area (Å²) in [6.45, 7) is 8.61. The van der Waals surface area contributed by atoms with Gasteiger partial charge in [0.15, 0.2) is 0 Å². The normalized spacial score (nSPS) is 46.4. The van der Waals surface area contributed by atoms with Crippen LogP contribution in [0.4, 0.5) is 0 Å². The first kappa shape index (κ1) is 11.0. The molecule has 1 aliphatic rings. The molecule has 0 saturated heterocycles. The van der Waals surface area contributed by atoms with Gasteiger partial charge in [-0.1, -0.05) is 20.8 Å². The van der Waals surface area contributed by atoms with Gasteiger partial charge in [0, 0.05) is 0 Å². The first-order chi connectivity index (χ1) is 6.03. The van der Waals surface area contributed by atoms with Gasteiger partial charge >= 0.3 is 0 Å². The highest BCUT2D eigenvalue weighted by Gasteiger charge is 2.39. The Kier molecular flexibility index (Phi) is 3.36. The molecule has 0 aromatic heterocycles. The molecule has 0 aromatic carbocycles. The Morgan fingerprint density at radius 1 is 1.31 bits per heavy atom. The highest BCUT2D eigenvalue weighted by molar-refractivity contribution is 4.91. The van der Waals surface area contributed by atoms with Crippen LogP contribution in [0.25, 0.3) is 0 Å². The molecule has 4 unspecified atom stereocenters. The molecule has 1 aliphatic carbocycles. The predicted octanol–water partition coefficient (Wildman–Crippen LogP) is 1.59. The molecule has 0 radical (unpaired) electrons. The molecule has 0 aromatic rings. The van der Waals surface area contributed by atoms with Gasteiger partial charge in [-0.05, 0) is 49.1 Å². The fourth-order valence-corrected chi connectivity index (χ4v) is 2.79. The van der Waals surface area contributed by atoms with Crippen molar-refractivity contribution in [3.8, 4) is 0 Å². The van der Waals surface area contributed by atoms with Gasteiger partial charge in [-0.3, -0.25) is 0 Å². The van der Waals surface area contributed by atoms with Crippen LogP contribution in [0.2, 0.25) is 0 Å². The topological polar surface area (TPSA) is 52.0 Å². The zero-order valence-electron chi connectivity index (χ0n) is 9.22. The van der Waals surface area contributed by atoms with E-state index in [1.54, 1.807) is 0 Å². The highest BCUT2D eigenvalue weighted by Crippen LogP contribution is 2.45. The van der Waals surface area contributed by atoms with E-state index in [2.05, 4.69) is 20.8 Å². The maximum atomic E-state index is 5.87. The molecule has 1 rings (SSSR count). The molecule has 0 amide bonds. The van der Waals surface area contributed by atoms with Crippen LogP contribution in [-0.2, 0) is 0 Å².